The largest absolute Gasteiger partial charge is 0.481 e. The van der Waals surface area contributed by atoms with Crippen LogP contribution in [0.3, 0.4) is 0 Å². The van der Waals surface area contributed by atoms with Crippen LogP contribution in [0.5, 0.6) is 0 Å². The molecule has 0 radical (unpaired) electrons. The second kappa shape index (κ2) is 6.36. The summed E-state index contributed by atoms with van der Waals surface area (Å²) in [5.74, 6) is -0.0907. The van der Waals surface area contributed by atoms with Crippen molar-refractivity contribution in [1.29, 1.82) is 0 Å². The van der Waals surface area contributed by atoms with Crippen molar-refractivity contribution in [3.8, 4) is 0 Å². The standard InChI is InChI=1S/C8H12O2.C7H11F3O/c9-8(10)7-4-5-1-2-6(7)3-5;1-4-6(3,5(2)11)7(8,9)10/h5-7H,1-4H2,(H,9,10);4H2,1-3H3. The van der Waals surface area contributed by atoms with Gasteiger partial charge in [-0.3, -0.25) is 9.59 Å². The van der Waals surface area contributed by atoms with Gasteiger partial charge in [-0.1, -0.05) is 13.3 Å². The highest BCUT2D eigenvalue weighted by Gasteiger charge is 2.53. The molecule has 6 heteroatoms. The first-order valence-electron chi connectivity index (χ1n) is 7.33. The van der Waals surface area contributed by atoms with E-state index in [1.807, 2.05) is 0 Å². The lowest BCUT2D eigenvalue weighted by Gasteiger charge is -2.27. The number of Topliss-reactive ketones (excluding diaryl/α,β-unsaturated/α-hetero) is 1. The summed E-state index contributed by atoms with van der Waals surface area (Å²) < 4.78 is 36.4. The van der Waals surface area contributed by atoms with Gasteiger partial charge in [-0.25, -0.2) is 0 Å². The maximum atomic E-state index is 12.1. The van der Waals surface area contributed by atoms with Crippen LogP contribution in [0.1, 0.15) is 52.9 Å². The molecule has 2 rings (SSSR count). The van der Waals surface area contributed by atoms with E-state index in [1.54, 1.807) is 0 Å². The molecular weight excluding hydrogens is 285 g/mol. The summed E-state index contributed by atoms with van der Waals surface area (Å²) in [6.45, 7) is 3.25. The van der Waals surface area contributed by atoms with Gasteiger partial charge in [0, 0.05) is 0 Å². The third-order valence-corrected chi connectivity index (χ3v) is 5.17. The Balaban J connectivity index is 0.000000210. The molecule has 2 fully saturated rings. The molecule has 2 aliphatic rings. The Kier molecular flexibility index (Phi) is 5.45. The fourth-order valence-electron chi connectivity index (χ4n) is 3.20. The second-order valence-corrected chi connectivity index (χ2v) is 6.36. The summed E-state index contributed by atoms with van der Waals surface area (Å²) in [6.07, 6.45) is -0.0214. The maximum Gasteiger partial charge on any atom is 0.401 e. The molecule has 4 unspecified atom stereocenters. The quantitative estimate of drug-likeness (QED) is 0.855. The molecule has 2 aliphatic carbocycles. The number of rotatable bonds is 3. The molecule has 0 aromatic carbocycles. The Morgan fingerprint density at radius 2 is 1.76 bits per heavy atom. The first-order chi connectivity index (χ1) is 9.52. The number of hydrogen-bond acceptors (Lipinski definition) is 2. The van der Waals surface area contributed by atoms with Crippen molar-refractivity contribution in [2.24, 2.45) is 23.2 Å². The first kappa shape index (κ1) is 18.0. The van der Waals surface area contributed by atoms with Gasteiger partial charge in [0.2, 0.25) is 0 Å². The minimum atomic E-state index is -4.42. The molecule has 1 N–H and O–H groups in total. The highest BCUT2D eigenvalue weighted by molar-refractivity contribution is 5.82. The van der Waals surface area contributed by atoms with Crippen molar-refractivity contribution in [1.82, 2.24) is 0 Å². The van der Waals surface area contributed by atoms with Gasteiger partial charge < -0.3 is 5.11 Å². The molecule has 2 saturated carbocycles. The average molecular weight is 308 g/mol. The Hall–Kier alpha value is -1.07. The third-order valence-electron chi connectivity index (χ3n) is 5.17. The van der Waals surface area contributed by atoms with Crippen LogP contribution in [0.15, 0.2) is 0 Å². The van der Waals surface area contributed by atoms with E-state index in [2.05, 4.69) is 0 Å². The van der Waals surface area contributed by atoms with Gasteiger partial charge in [-0.2, -0.15) is 13.2 Å². The molecule has 2 bridgehead atoms. The highest BCUT2D eigenvalue weighted by atomic mass is 19.4. The summed E-state index contributed by atoms with van der Waals surface area (Å²) in [5.41, 5.74) is -2.16. The summed E-state index contributed by atoms with van der Waals surface area (Å²) in [7, 11) is 0. The molecule has 0 amide bonds. The normalized spacial score (nSPS) is 30.3. The predicted octanol–water partition coefficient (Wildman–Crippen LogP) is 4.06. The molecule has 3 nitrogen and oxygen atoms in total. The number of carbonyl (C=O) groups is 2. The Morgan fingerprint density at radius 1 is 1.19 bits per heavy atom. The summed E-state index contributed by atoms with van der Waals surface area (Å²) in [4.78, 5) is 21.2. The lowest BCUT2D eigenvalue weighted by Crippen LogP contribution is -2.40. The summed E-state index contributed by atoms with van der Waals surface area (Å²) in [5, 5.41) is 8.74. The van der Waals surface area contributed by atoms with Crippen molar-refractivity contribution in [3.05, 3.63) is 0 Å². The van der Waals surface area contributed by atoms with Gasteiger partial charge in [0.25, 0.3) is 0 Å². The van der Waals surface area contributed by atoms with Crippen LogP contribution in [0.4, 0.5) is 13.2 Å². The molecular formula is C15H23F3O3. The van der Waals surface area contributed by atoms with Crippen LogP contribution >= 0.6 is 0 Å². The minimum absolute atomic E-state index is 0.0127. The van der Waals surface area contributed by atoms with Gasteiger partial charge in [0.1, 0.15) is 11.2 Å². The average Bonchev–Trinajstić information content (AvgIpc) is 2.99. The zero-order chi connectivity index (χ0) is 16.4. The number of carboxylic acids is 1. The maximum absolute atomic E-state index is 12.1. The van der Waals surface area contributed by atoms with E-state index < -0.39 is 23.3 Å². The van der Waals surface area contributed by atoms with E-state index >= 15 is 0 Å². The van der Waals surface area contributed by atoms with Gasteiger partial charge >= 0.3 is 12.1 Å². The number of carboxylic acid groups (broad SMARTS) is 1. The highest BCUT2D eigenvalue weighted by Crippen LogP contribution is 2.48. The fourth-order valence-corrected chi connectivity index (χ4v) is 3.20. The molecule has 122 valence electrons. The van der Waals surface area contributed by atoms with Crippen LogP contribution < -0.4 is 0 Å². The molecule has 0 aromatic heterocycles. The van der Waals surface area contributed by atoms with Gasteiger partial charge in [-0.05, 0) is 51.4 Å². The molecule has 0 saturated heterocycles. The van der Waals surface area contributed by atoms with E-state index in [1.165, 1.54) is 26.2 Å². The Morgan fingerprint density at radius 3 is 1.90 bits per heavy atom. The Labute approximate surface area is 122 Å². The molecule has 0 aliphatic heterocycles. The van der Waals surface area contributed by atoms with E-state index in [0.29, 0.717) is 5.92 Å². The van der Waals surface area contributed by atoms with Crippen molar-refractivity contribution >= 4 is 11.8 Å². The van der Waals surface area contributed by atoms with Crippen LogP contribution in [-0.2, 0) is 9.59 Å². The number of fused-ring (bicyclic) bond motifs is 2. The van der Waals surface area contributed by atoms with Crippen molar-refractivity contribution in [3.63, 3.8) is 0 Å². The zero-order valence-corrected chi connectivity index (χ0v) is 12.7. The minimum Gasteiger partial charge on any atom is -0.481 e. The van der Waals surface area contributed by atoms with Crippen molar-refractivity contribution in [2.75, 3.05) is 0 Å². The van der Waals surface area contributed by atoms with Crippen molar-refractivity contribution < 1.29 is 27.9 Å². The SMILES string of the molecule is CCC(C)(C(C)=O)C(F)(F)F.O=C(O)C1CC2CCC1C2. The van der Waals surface area contributed by atoms with E-state index in [0.717, 1.165) is 26.2 Å². The van der Waals surface area contributed by atoms with E-state index in [9.17, 15) is 22.8 Å². The van der Waals surface area contributed by atoms with E-state index in [4.69, 9.17) is 5.11 Å². The summed E-state index contributed by atoms with van der Waals surface area (Å²) >= 11 is 0. The molecule has 0 heterocycles. The van der Waals surface area contributed by atoms with Gasteiger partial charge in [-0.15, -0.1) is 0 Å². The number of hydrogen-bond donors (Lipinski definition) is 1. The molecule has 0 spiro atoms. The molecule has 21 heavy (non-hydrogen) atoms. The van der Waals surface area contributed by atoms with E-state index in [-0.39, 0.29) is 12.3 Å². The van der Waals surface area contributed by atoms with Gasteiger partial charge in [0.05, 0.1) is 5.92 Å². The fraction of sp³-hybridized carbons (Fsp3) is 0.867. The number of alkyl halides is 3. The number of halogens is 3. The lowest BCUT2D eigenvalue weighted by atomic mass is 9.83. The Bertz CT molecular complexity index is 405. The summed E-state index contributed by atoms with van der Waals surface area (Å²) in [6, 6.07) is 0. The van der Waals surface area contributed by atoms with Crippen LogP contribution in [0, 0.1) is 23.2 Å². The third kappa shape index (κ3) is 3.77. The number of ketones is 1. The molecule has 0 aromatic rings. The number of aliphatic carboxylic acids is 1. The van der Waals surface area contributed by atoms with Crippen molar-refractivity contribution in [2.45, 2.75) is 59.1 Å². The predicted molar refractivity (Wildman–Crippen MR) is 71.7 cm³/mol. The topological polar surface area (TPSA) is 54.4 Å². The second-order valence-electron chi connectivity index (χ2n) is 6.36. The zero-order valence-electron chi connectivity index (χ0n) is 12.7. The van der Waals surface area contributed by atoms with Crippen LogP contribution in [0.2, 0.25) is 0 Å². The van der Waals surface area contributed by atoms with Crippen LogP contribution in [0.25, 0.3) is 0 Å². The smallest absolute Gasteiger partial charge is 0.401 e. The first-order valence-corrected chi connectivity index (χ1v) is 7.33. The lowest BCUT2D eigenvalue weighted by molar-refractivity contribution is -0.215. The number of carbonyl (C=O) groups excluding carboxylic acids is 1. The van der Waals surface area contributed by atoms with Crippen LogP contribution in [-0.4, -0.2) is 23.0 Å². The van der Waals surface area contributed by atoms with Gasteiger partial charge in [0.15, 0.2) is 0 Å². The molecule has 4 atom stereocenters. The monoisotopic (exact) mass is 308 g/mol.